The second-order valence-electron chi connectivity index (χ2n) is 5.93. The Morgan fingerprint density at radius 2 is 1.89 bits per heavy atom. The van der Waals surface area contributed by atoms with Crippen LogP contribution in [0.5, 0.6) is 0 Å². The summed E-state index contributed by atoms with van der Waals surface area (Å²) < 4.78 is 4.29. The first kappa shape index (κ1) is 17.2. The lowest BCUT2D eigenvalue weighted by Crippen LogP contribution is -2.37. The van der Waals surface area contributed by atoms with Crippen LogP contribution < -0.4 is 16.3 Å². The number of nitrogens with zero attached hydrogens (tertiary/aromatic N) is 8. The summed E-state index contributed by atoms with van der Waals surface area (Å²) in [7, 11) is 3.07. The quantitative estimate of drug-likeness (QED) is 0.440. The zero-order valence-electron chi connectivity index (χ0n) is 14.6. The van der Waals surface area contributed by atoms with Crippen molar-refractivity contribution in [3.05, 3.63) is 62.6 Å². The summed E-state index contributed by atoms with van der Waals surface area (Å²) in [5.41, 5.74) is 0.951. The summed E-state index contributed by atoms with van der Waals surface area (Å²) in [5, 5.41) is 15.2. The Labute approximate surface area is 156 Å². The van der Waals surface area contributed by atoms with Gasteiger partial charge in [0.2, 0.25) is 0 Å². The fraction of sp³-hybridized carbons (Fsp3) is 0.250. The highest BCUT2D eigenvalue weighted by molar-refractivity contribution is 7.98. The van der Waals surface area contributed by atoms with Gasteiger partial charge in [-0.1, -0.05) is 42.1 Å². The van der Waals surface area contributed by atoms with Gasteiger partial charge in [-0.2, -0.15) is 5.21 Å². The van der Waals surface area contributed by atoms with Gasteiger partial charge in [0.15, 0.2) is 16.3 Å². The number of aryl methyl sites for hydroxylation is 1. The van der Waals surface area contributed by atoms with Crippen LogP contribution in [0.25, 0.3) is 11.2 Å². The maximum Gasteiger partial charge on any atom is 0.332 e. The molecule has 0 atom stereocenters. The minimum Gasteiger partial charge on any atom is -0.335 e. The first-order valence-electron chi connectivity index (χ1n) is 8.07. The monoisotopic (exact) mass is 383 g/mol. The van der Waals surface area contributed by atoms with E-state index in [1.54, 1.807) is 7.05 Å². The molecule has 0 N–H and O–H groups in total. The first-order chi connectivity index (χ1) is 13.1. The van der Waals surface area contributed by atoms with E-state index >= 15 is 0 Å². The molecule has 10 nitrogen and oxygen atoms in total. The first-order valence-corrected chi connectivity index (χ1v) is 9.05. The molecule has 0 fully saturated rings. The summed E-state index contributed by atoms with van der Waals surface area (Å²) in [6, 6.07) is 9.75. The molecule has 0 spiro atoms. The molecule has 3 heterocycles. The third-order valence-electron chi connectivity index (χ3n) is 4.19. The van der Waals surface area contributed by atoms with E-state index in [0.29, 0.717) is 34.4 Å². The molecule has 0 radical (unpaired) electrons. The SMILES string of the molecule is Cn1c(=O)c2c(nc(SCc3nnn[n-]3)n2Cc2ccccc2)n(C)c1=O. The average molecular weight is 383 g/mol. The summed E-state index contributed by atoms with van der Waals surface area (Å²) in [6.07, 6.45) is 0. The van der Waals surface area contributed by atoms with E-state index in [4.69, 9.17) is 0 Å². The zero-order chi connectivity index (χ0) is 19.0. The van der Waals surface area contributed by atoms with Crippen molar-refractivity contribution in [2.45, 2.75) is 17.5 Å². The summed E-state index contributed by atoms with van der Waals surface area (Å²) in [5.74, 6) is 0.874. The van der Waals surface area contributed by atoms with Crippen molar-refractivity contribution < 1.29 is 0 Å². The second kappa shape index (κ2) is 6.83. The molecule has 0 saturated carbocycles. The lowest BCUT2D eigenvalue weighted by Gasteiger charge is -2.09. The van der Waals surface area contributed by atoms with E-state index in [1.165, 1.54) is 23.4 Å². The zero-order valence-corrected chi connectivity index (χ0v) is 15.4. The maximum atomic E-state index is 12.8. The molecule has 4 aromatic rings. The molecule has 4 rings (SSSR count). The van der Waals surface area contributed by atoms with Gasteiger partial charge < -0.3 is 9.67 Å². The van der Waals surface area contributed by atoms with Crippen LogP contribution in [0.1, 0.15) is 11.4 Å². The van der Waals surface area contributed by atoms with Crippen LogP contribution in [0.15, 0.2) is 45.1 Å². The highest BCUT2D eigenvalue weighted by atomic mass is 32.2. The molecule has 0 unspecified atom stereocenters. The Balaban J connectivity index is 1.88. The normalized spacial score (nSPS) is 11.3. The van der Waals surface area contributed by atoms with Crippen molar-refractivity contribution in [1.29, 1.82) is 0 Å². The smallest absolute Gasteiger partial charge is 0.332 e. The van der Waals surface area contributed by atoms with E-state index in [1.807, 2.05) is 34.9 Å². The van der Waals surface area contributed by atoms with E-state index in [-0.39, 0.29) is 5.56 Å². The van der Waals surface area contributed by atoms with Gasteiger partial charge in [-0.3, -0.25) is 24.2 Å². The van der Waals surface area contributed by atoms with Crippen molar-refractivity contribution >= 4 is 22.9 Å². The fourth-order valence-corrected chi connectivity index (χ4v) is 3.64. The van der Waals surface area contributed by atoms with Crippen molar-refractivity contribution in [3.8, 4) is 0 Å². The standard InChI is InChI=1S/C16H15N8O2S/c1-22-13-12(14(25)23(2)16(22)26)24(8-10-6-4-3-5-7-10)15(17-13)27-9-11-18-20-21-19-11/h3-7H,8-9H2,1-2H3/q-1. The molecule has 11 heteroatoms. The van der Waals surface area contributed by atoms with Crippen molar-refractivity contribution in [3.63, 3.8) is 0 Å². The lowest BCUT2D eigenvalue weighted by atomic mass is 10.2. The molecule has 0 aliphatic heterocycles. The van der Waals surface area contributed by atoms with Gasteiger partial charge in [0, 0.05) is 25.7 Å². The third kappa shape index (κ3) is 3.05. The van der Waals surface area contributed by atoms with E-state index in [9.17, 15) is 9.59 Å². The predicted molar refractivity (Wildman–Crippen MR) is 98.5 cm³/mol. The van der Waals surface area contributed by atoms with E-state index in [0.717, 1.165) is 10.1 Å². The molecule has 0 aliphatic carbocycles. The Hall–Kier alpha value is -3.21. The minimum absolute atomic E-state index is 0.348. The van der Waals surface area contributed by atoms with Crippen LogP contribution in [-0.4, -0.2) is 34.2 Å². The molecule has 3 aromatic heterocycles. The van der Waals surface area contributed by atoms with Gasteiger partial charge >= 0.3 is 5.69 Å². The van der Waals surface area contributed by atoms with E-state index < -0.39 is 5.69 Å². The molecule has 1 aromatic carbocycles. The molecule has 27 heavy (non-hydrogen) atoms. The molecular weight excluding hydrogens is 368 g/mol. The topological polar surface area (TPSA) is 115 Å². The Morgan fingerprint density at radius 3 is 2.59 bits per heavy atom. The van der Waals surface area contributed by atoms with Crippen LogP contribution in [0.2, 0.25) is 0 Å². The third-order valence-corrected chi connectivity index (χ3v) is 5.16. The summed E-state index contributed by atoms with van der Waals surface area (Å²) in [6.45, 7) is 0.450. The molecule has 0 amide bonds. The van der Waals surface area contributed by atoms with Gasteiger partial charge in [-0.05, 0) is 5.56 Å². The average Bonchev–Trinajstić information content (AvgIpc) is 3.32. The molecule has 0 aliphatic rings. The number of thioether (sulfide) groups is 1. The maximum absolute atomic E-state index is 12.8. The van der Waals surface area contributed by atoms with Crippen molar-refractivity contribution in [1.82, 2.24) is 39.3 Å². The Morgan fingerprint density at radius 1 is 1.11 bits per heavy atom. The molecular formula is C16H15N8O2S-. The molecule has 0 saturated heterocycles. The number of rotatable bonds is 5. The predicted octanol–water partition coefficient (Wildman–Crippen LogP) is -0.0835. The van der Waals surface area contributed by atoms with Crippen LogP contribution in [-0.2, 0) is 26.4 Å². The minimum atomic E-state index is -0.416. The second-order valence-corrected chi connectivity index (χ2v) is 6.87. The van der Waals surface area contributed by atoms with Crippen molar-refractivity contribution in [2.75, 3.05) is 0 Å². The summed E-state index contributed by atoms with van der Waals surface area (Å²) in [4.78, 5) is 29.6. The highest BCUT2D eigenvalue weighted by Gasteiger charge is 2.19. The number of aromatic nitrogens is 8. The van der Waals surface area contributed by atoms with Gasteiger partial charge in [0.1, 0.15) is 0 Å². The molecule has 138 valence electrons. The largest absolute Gasteiger partial charge is 0.335 e. The number of imidazole rings is 1. The van der Waals surface area contributed by atoms with Gasteiger partial charge in [0.05, 0.1) is 6.54 Å². The number of benzene rings is 1. The number of tetrazole rings is 1. The van der Waals surface area contributed by atoms with Crippen LogP contribution >= 0.6 is 11.8 Å². The van der Waals surface area contributed by atoms with Crippen LogP contribution in [0.3, 0.4) is 0 Å². The highest BCUT2D eigenvalue weighted by Crippen LogP contribution is 2.24. The van der Waals surface area contributed by atoms with Crippen LogP contribution in [0.4, 0.5) is 0 Å². The fourth-order valence-electron chi connectivity index (χ4n) is 2.80. The number of fused-ring (bicyclic) bond motifs is 1. The Bertz CT molecular complexity index is 1210. The van der Waals surface area contributed by atoms with Gasteiger partial charge in [-0.15, -0.1) is 0 Å². The van der Waals surface area contributed by atoms with E-state index in [2.05, 4.69) is 25.6 Å². The number of hydrogen-bond donors (Lipinski definition) is 0. The molecule has 0 bridgehead atoms. The van der Waals surface area contributed by atoms with Crippen molar-refractivity contribution in [2.24, 2.45) is 14.1 Å². The number of hydrogen-bond acceptors (Lipinski definition) is 7. The lowest BCUT2D eigenvalue weighted by molar-refractivity contribution is 0.696. The Kier molecular flexibility index (Phi) is 4.36. The van der Waals surface area contributed by atoms with Crippen LogP contribution in [0, 0.1) is 0 Å². The van der Waals surface area contributed by atoms with Gasteiger partial charge in [-0.25, -0.2) is 9.78 Å². The van der Waals surface area contributed by atoms with Gasteiger partial charge in [0.25, 0.3) is 5.56 Å². The summed E-state index contributed by atoms with van der Waals surface area (Å²) >= 11 is 1.36.